The topological polar surface area (TPSA) is 442 Å². The van der Waals surface area contributed by atoms with Crippen molar-refractivity contribution in [3.63, 3.8) is 0 Å². The van der Waals surface area contributed by atoms with E-state index in [1.807, 2.05) is 0 Å². The average molecular weight is 1040 g/mol. The van der Waals surface area contributed by atoms with Gasteiger partial charge in [-0.3, -0.25) is 48.1 Å². The highest BCUT2D eigenvalue weighted by molar-refractivity contribution is 7.98. The molecule has 0 aromatic heterocycles. The molecule has 0 aromatic carbocycles. The molecule has 70 heavy (non-hydrogen) atoms. The molecule has 0 spiro atoms. The molecule has 1 aliphatic rings. The van der Waals surface area contributed by atoms with Gasteiger partial charge in [0.2, 0.25) is 53.2 Å². The molecule has 29 heteroatoms. The van der Waals surface area contributed by atoms with Gasteiger partial charge in [0.25, 0.3) is 0 Å². The minimum atomic E-state index is -1.82. The second-order valence-electron chi connectivity index (χ2n) is 16.7. The van der Waals surface area contributed by atoms with E-state index in [-0.39, 0.29) is 57.1 Å². The number of hydrogen-bond donors (Lipinski definition) is 15. The van der Waals surface area contributed by atoms with Crippen molar-refractivity contribution in [2.75, 3.05) is 56.9 Å². The number of nitrogens with one attached hydrogen (secondary N) is 8. The molecule has 0 aliphatic carbocycles. The van der Waals surface area contributed by atoms with Gasteiger partial charge in [0.15, 0.2) is 5.96 Å². The summed E-state index contributed by atoms with van der Waals surface area (Å²) in [7, 11) is 0. The molecule has 1 saturated heterocycles. The quantitative estimate of drug-likeness (QED) is 0.0169. The van der Waals surface area contributed by atoms with Gasteiger partial charge >= 0.3 is 5.97 Å². The first kappa shape index (κ1) is 62.5. The molecule has 1 heterocycles. The van der Waals surface area contributed by atoms with Crippen LogP contribution in [0.25, 0.3) is 0 Å². The van der Waals surface area contributed by atoms with Gasteiger partial charge in [-0.05, 0) is 82.3 Å². The Kier molecular flexibility index (Phi) is 28.9. The van der Waals surface area contributed by atoms with Crippen LogP contribution in [0.1, 0.15) is 66.2 Å². The van der Waals surface area contributed by atoms with Crippen LogP contribution in [0, 0.1) is 5.92 Å². The van der Waals surface area contributed by atoms with E-state index < -0.39 is 139 Å². The molecule has 27 nitrogen and oxygen atoms in total. The maximum Gasteiger partial charge on any atom is 0.326 e. The van der Waals surface area contributed by atoms with Crippen LogP contribution >= 0.6 is 23.5 Å². The minimum Gasteiger partial charge on any atom is -0.480 e. The van der Waals surface area contributed by atoms with Crippen LogP contribution in [0.2, 0.25) is 0 Å². The Labute approximate surface area is 414 Å². The number of hydrogen-bond acceptors (Lipinski definition) is 17. The third kappa shape index (κ3) is 21.7. The number of amides is 9. The van der Waals surface area contributed by atoms with Crippen molar-refractivity contribution in [2.24, 2.45) is 28.1 Å². The summed E-state index contributed by atoms with van der Waals surface area (Å²) in [5.41, 5.74) is 16.7. The van der Waals surface area contributed by atoms with E-state index in [1.165, 1.54) is 35.3 Å². The lowest BCUT2D eigenvalue weighted by Gasteiger charge is -2.31. The van der Waals surface area contributed by atoms with E-state index in [0.717, 1.165) is 6.92 Å². The maximum atomic E-state index is 14.3. The number of aliphatic hydroxyl groups is 3. The van der Waals surface area contributed by atoms with Crippen LogP contribution in [0.5, 0.6) is 0 Å². The van der Waals surface area contributed by atoms with Crippen molar-refractivity contribution < 1.29 is 68.4 Å². The van der Waals surface area contributed by atoms with Gasteiger partial charge in [0.1, 0.15) is 48.3 Å². The molecule has 0 aromatic rings. The number of nitrogens with zero attached hydrogens (tertiary/aromatic N) is 2. The van der Waals surface area contributed by atoms with Gasteiger partial charge in [-0.25, -0.2) is 4.79 Å². The smallest absolute Gasteiger partial charge is 0.326 e. The lowest BCUT2D eigenvalue weighted by molar-refractivity contribution is -0.143. The van der Waals surface area contributed by atoms with Crippen LogP contribution in [-0.4, -0.2) is 208 Å². The number of nitrogens with two attached hydrogens (primary N) is 3. The summed E-state index contributed by atoms with van der Waals surface area (Å²) in [4.78, 5) is 136. The van der Waals surface area contributed by atoms with E-state index in [0.29, 0.717) is 17.9 Å². The molecule has 0 bridgehead atoms. The van der Waals surface area contributed by atoms with Crippen LogP contribution < -0.4 is 59.7 Å². The number of likely N-dealkylation sites (tertiary alicyclic amines) is 1. The molecule has 398 valence electrons. The van der Waals surface area contributed by atoms with E-state index in [2.05, 4.69) is 47.5 Å². The van der Waals surface area contributed by atoms with Gasteiger partial charge in [-0.1, -0.05) is 13.8 Å². The summed E-state index contributed by atoms with van der Waals surface area (Å²) in [5.74, 6) is -8.82. The molecule has 0 radical (unpaired) electrons. The second-order valence-corrected chi connectivity index (χ2v) is 18.7. The Bertz CT molecular complexity index is 1830. The molecule has 18 N–H and O–H groups in total. The lowest BCUT2D eigenvalue weighted by Crippen LogP contribution is -2.62. The Morgan fingerprint density at radius 1 is 0.686 bits per heavy atom. The second kappa shape index (κ2) is 32.4. The molecular weight excluding hydrogens is 963 g/mol. The number of carbonyl (C=O) groups excluding carboxylic acids is 9. The van der Waals surface area contributed by atoms with Crippen LogP contribution in [0.3, 0.4) is 0 Å². The highest BCUT2D eigenvalue weighted by Gasteiger charge is 2.40. The fourth-order valence-electron chi connectivity index (χ4n) is 6.63. The van der Waals surface area contributed by atoms with Gasteiger partial charge in [-0.15, -0.1) is 0 Å². The Hall–Kier alpha value is -5.49. The maximum absolute atomic E-state index is 14.3. The zero-order chi connectivity index (χ0) is 53.2. The molecule has 1 aliphatic heterocycles. The first-order valence-corrected chi connectivity index (χ1v) is 25.3. The molecule has 10 atom stereocenters. The van der Waals surface area contributed by atoms with Crippen molar-refractivity contribution in [3.8, 4) is 0 Å². The highest BCUT2D eigenvalue weighted by atomic mass is 32.2. The zero-order valence-corrected chi connectivity index (χ0v) is 42.0. The number of carbonyl (C=O) groups is 10. The summed E-state index contributed by atoms with van der Waals surface area (Å²) in [6.07, 6.45) is 2.48. The third-order valence-corrected chi connectivity index (χ3v) is 12.1. The fourth-order valence-corrected chi connectivity index (χ4v) is 7.57. The van der Waals surface area contributed by atoms with Crippen molar-refractivity contribution >= 4 is 88.6 Å². The minimum absolute atomic E-state index is 0.0234. The van der Waals surface area contributed by atoms with Crippen molar-refractivity contribution in [1.29, 1.82) is 0 Å². The number of thioether (sulfide) groups is 2. The Morgan fingerprint density at radius 2 is 1.21 bits per heavy atom. The largest absolute Gasteiger partial charge is 0.480 e. The van der Waals surface area contributed by atoms with E-state index in [4.69, 9.17) is 17.2 Å². The van der Waals surface area contributed by atoms with Crippen molar-refractivity contribution in [3.05, 3.63) is 0 Å². The molecule has 0 saturated carbocycles. The monoisotopic (exact) mass is 1040 g/mol. The first-order chi connectivity index (χ1) is 32.9. The molecule has 1 rings (SSSR count). The number of rotatable bonds is 32. The number of aliphatic carboxylic acids is 1. The van der Waals surface area contributed by atoms with Crippen LogP contribution in [0.4, 0.5) is 0 Å². The number of aliphatic imine (C=N–C) groups is 1. The standard InChI is InChI=1S/C41H73N13O14S2/c1-20(2)30(42)37(64)46-17-29(58)47-21(3)32(59)48-23(11-15-69-5)33(60)49-24(9-7-13-45-41(43)44)39(66)54-14-8-10-28(54)36(63)51-27(19-56)35(62)53-31(22(4)57)38(65)52-26(18-55)34(61)50-25(40(67)68)12-16-70-6/h20-28,30-31,55-57H,7-19,42H2,1-6H3,(H,46,64)(H,47,58)(H,48,59)(H,49,60)(H,50,61)(H,51,63)(H,52,65)(H,53,62)(H,67,68)(H4,43,44,45)/t21-,22+,23-,24-,25-,26-,27-,28-,30-,31-/m0/s1. The average Bonchev–Trinajstić information content (AvgIpc) is 3.81. The summed E-state index contributed by atoms with van der Waals surface area (Å²) < 4.78 is 0. The van der Waals surface area contributed by atoms with Crippen LogP contribution in [-0.2, 0) is 47.9 Å². The number of aliphatic hydroxyl groups excluding tert-OH is 3. The summed E-state index contributed by atoms with van der Waals surface area (Å²) >= 11 is 2.70. The Morgan fingerprint density at radius 3 is 1.76 bits per heavy atom. The molecular formula is C41H73N13O14S2. The molecule has 9 amide bonds. The first-order valence-electron chi connectivity index (χ1n) is 22.5. The summed E-state index contributed by atoms with van der Waals surface area (Å²) in [6.45, 7) is 3.54. The van der Waals surface area contributed by atoms with Gasteiger partial charge in [0.05, 0.1) is 31.9 Å². The van der Waals surface area contributed by atoms with E-state index in [9.17, 15) is 68.4 Å². The van der Waals surface area contributed by atoms with Gasteiger partial charge < -0.3 is 85.1 Å². The van der Waals surface area contributed by atoms with Crippen molar-refractivity contribution in [2.45, 2.75) is 127 Å². The van der Waals surface area contributed by atoms with Crippen molar-refractivity contribution in [1.82, 2.24) is 47.4 Å². The zero-order valence-electron chi connectivity index (χ0n) is 40.4. The molecule has 1 fully saturated rings. The Balaban J connectivity index is 3.22. The van der Waals surface area contributed by atoms with Gasteiger partial charge in [0, 0.05) is 13.1 Å². The van der Waals surface area contributed by atoms with E-state index >= 15 is 0 Å². The normalized spacial score (nSPS) is 17.1. The fraction of sp³-hybridized carbons (Fsp3) is 0.732. The van der Waals surface area contributed by atoms with Crippen LogP contribution in [0.15, 0.2) is 4.99 Å². The molecule has 0 unspecified atom stereocenters. The lowest BCUT2D eigenvalue weighted by atomic mass is 10.1. The highest BCUT2D eigenvalue weighted by Crippen LogP contribution is 2.20. The summed E-state index contributed by atoms with van der Waals surface area (Å²) in [6, 6.07) is -12.4. The van der Waals surface area contributed by atoms with Gasteiger partial charge in [-0.2, -0.15) is 23.5 Å². The predicted octanol–water partition coefficient (Wildman–Crippen LogP) is -6.50. The SMILES string of the molecule is CSCC[C@H](NC(=O)[C@H](CO)NC(=O)[C@@H](NC(=O)[C@H](CO)NC(=O)[C@@H]1CCCN1C(=O)[C@H](CCCN=C(N)N)NC(=O)[C@H](CCSC)NC(=O)[C@H](C)NC(=O)CNC(=O)[C@@H](N)C(C)C)[C@@H](C)O)C(=O)O. The number of carboxylic acid groups (broad SMARTS) is 1. The van der Waals surface area contributed by atoms with E-state index in [1.54, 1.807) is 26.4 Å². The predicted molar refractivity (Wildman–Crippen MR) is 259 cm³/mol. The number of carboxylic acids is 1. The third-order valence-electron chi connectivity index (χ3n) is 10.8. The summed E-state index contributed by atoms with van der Waals surface area (Å²) in [5, 5.41) is 58.9. The number of guanidine groups is 1.